The number of rotatable bonds is 5. The average Bonchev–Trinajstić information content (AvgIpc) is 2.40. The van der Waals surface area contributed by atoms with Crippen LogP contribution in [0.15, 0.2) is 29.1 Å². The van der Waals surface area contributed by atoms with E-state index in [1.165, 1.54) is 0 Å². The number of nitrogens with one attached hydrogen (secondary N) is 2. The number of aryl methyl sites for hydroxylation is 1. The van der Waals surface area contributed by atoms with Gasteiger partial charge < -0.3 is 4.98 Å². The molecular formula is C14H18N2O3S. The van der Waals surface area contributed by atoms with Gasteiger partial charge in [-0.25, -0.2) is 13.1 Å². The van der Waals surface area contributed by atoms with E-state index in [0.29, 0.717) is 12.0 Å². The molecule has 0 bridgehead atoms. The van der Waals surface area contributed by atoms with E-state index in [9.17, 15) is 13.2 Å². The van der Waals surface area contributed by atoms with E-state index in [4.69, 9.17) is 0 Å². The van der Waals surface area contributed by atoms with Crippen molar-refractivity contribution in [1.29, 1.82) is 0 Å². The Morgan fingerprint density at radius 1 is 1.30 bits per heavy atom. The van der Waals surface area contributed by atoms with Crippen LogP contribution in [0.2, 0.25) is 0 Å². The number of hydrogen-bond donors (Lipinski definition) is 2. The highest BCUT2D eigenvalue weighted by molar-refractivity contribution is 7.89. The highest BCUT2D eigenvalue weighted by Crippen LogP contribution is 2.14. The minimum Gasteiger partial charge on any atom is -0.321 e. The van der Waals surface area contributed by atoms with Gasteiger partial charge in [0.1, 0.15) is 0 Å². The van der Waals surface area contributed by atoms with E-state index < -0.39 is 10.0 Å². The number of aromatic nitrogens is 1. The van der Waals surface area contributed by atoms with Crippen LogP contribution in [0.1, 0.15) is 18.1 Å². The van der Waals surface area contributed by atoms with Gasteiger partial charge in [-0.05, 0) is 37.3 Å². The van der Waals surface area contributed by atoms with Crippen LogP contribution < -0.4 is 10.3 Å². The van der Waals surface area contributed by atoms with Gasteiger partial charge in [-0.15, -0.1) is 0 Å². The average molecular weight is 294 g/mol. The fourth-order valence-electron chi connectivity index (χ4n) is 2.06. The molecule has 1 aromatic heterocycles. The number of H-pyrrole nitrogens is 1. The number of sulfonamides is 1. The molecule has 0 aliphatic carbocycles. The van der Waals surface area contributed by atoms with Crippen molar-refractivity contribution in [1.82, 2.24) is 9.71 Å². The van der Waals surface area contributed by atoms with Gasteiger partial charge in [0.2, 0.25) is 10.0 Å². The first-order valence-corrected chi connectivity index (χ1v) is 8.17. The third kappa shape index (κ3) is 3.26. The summed E-state index contributed by atoms with van der Waals surface area (Å²) in [6, 6.07) is 7.62. The number of benzene rings is 1. The summed E-state index contributed by atoms with van der Waals surface area (Å²) in [4.78, 5) is 14.8. The number of para-hydroxylation sites is 1. The first kappa shape index (κ1) is 14.7. The van der Waals surface area contributed by atoms with Gasteiger partial charge in [0, 0.05) is 12.1 Å². The maximum Gasteiger partial charge on any atom is 0.251 e. The van der Waals surface area contributed by atoms with Crippen molar-refractivity contribution in [3.05, 3.63) is 45.7 Å². The molecule has 0 saturated heterocycles. The normalized spacial score (nSPS) is 11.9. The van der Waals surface area contributed by atoms with Crippen LogP contribution in [0.5, 0.6) is 0 Å². The van der Waals surface area contributed by atoms with Crippen LogP contribution in [0.4, 0.5) is 0 Å². The summed E-state index contributed by atoms with van der Waals surface area (Å²) in [6.45, 7) is 3.75. The molecule has 1 heterocycles. The molecule has 0 spiro atoms. The number of fused-ring (bicyclic) bond motifs is 1. The predicted molar refractivity (Wildman–Crippen MR) is 80.5 cm³/mol. The van der Waals surface area contributed by atoms with Gasteiger partial charge in [-0.3, -0.25) is 4.79 Å². The van der Waals surface area contributed by atoms with Crippen LogP contribution in [0.25, 0.3) is 10.9 Å². The Kier molecular flexibility index (Phi) is 4.25. The largest absolute Gasteiger partial charge is 0.321 e. The lowest BCUT2D eigenvalue weighted by Gasteiger charge is -2.06. The Balaban J connectivity index is 2.23. The molecule has 0 saturated carbocycles. The summed E-state index contributed by atoms with van der Waals surface area (Å²) in [7, 11) is -3.21. The fraction of sp³-hybridized carbons (Fsp3) is 0.357. The number of pyridine rings is 1. The Bertz CT molecular complexity index is 779. The second-order valence-corrected chi connectivity index (χ2v) is 6.81. The van der Waals surface area contributed by atoms with E-state index in [-0.39, 0.29) is 17.9 Å². The van der Waals surface area contributed by atoms with E-state index in [0.717, 1.165) is 16.5 Å². The molecule has 20 heavy (non-hydrogen) atoms. The van der Waals surface area contributed by atoms with Crippen molar-refractivity contribution in [2.75, 3.05) is 12.3 Å². The summed E-state index contributed by atoms with van der Waals surface area (Å²) >= 11 is 0. The first-order chi connectivity index (χ1) is 9.43. The molecule has 0 radical (unpaired) electrons. The van der Waals surface area contributed by atoms with Crippen LogP contribution in [0, 0.1) is 6.92 Å². The molecule has 0 aliphatic rings. The molecular weight excluding hydrogens is 276 g/mol. The second-order valence-electron chi connectivity index (χ2n) is 4.71. The second kappa shape index (κ2) is 5.76. The van der Waals surface area contributed by atoms with E-state index >= 15 is 0 Å². The van der Waals surface area contributed by atoms with Crippen molar-refractivity contribution in [3.63, 3.8) is 0 Å². The minimum atomic E-state index is -3.21. The van der Waals surface area contributed by atoms with Gasteiger partial charge in [0.05, 0.1) is 11.3 Å². The summed E-state index contributed by atoms with van der Waals surface area (Å²) in [5, 5.41) is 0.956. The minimum absolute atomic E-state index is 0.0419. The first-order valence-electron chi connectivity index (χ1n) is 6.52. The molecule has 2 aromatic rings. The molecule has 108 valence electrons. The maximum absolute atomic E-state index is 12.0. The van der Waals surface area contributed by atoms with Gasteiger partial charge in [0.15, 0.2) is 0 Å². The van der Waals surface area contributed by atoms with Crippen molar-refractivity contribution < 1.29 is 8.42 Å². The van der Waals surface area contributed by atoms with Crippen molar-refractivity contribution in [3.8, 4) is 0 Å². The third-order valence-electron chi connectivity index (χ3n) is 3.26. The summed E-state index contributed by atoms with van der Waals surface area (Å²) < 4.78 is 25.1. The third-order valence-corrected chi connectivity index (χ3v) is 4.67. The van der Waals surface area contributed by atoms with Crippen molar-refractivity contribution in [2.24, 2.45) is 0 Å². The zero-order valence-electron chi connectivity index (χ0n) is 11.6. The Morgan fingerprint density at radius 2 is 2.05 bits per heavy atom. The smallest absolute Gasteiger partial charge is 0.251 e. The van der Waals surface area contributed by atoms with Crippen LogP contribution >= 0.6 is 0 Å². The molecule has 1 aromatic carbocycles. The molecule has 0 aliphatic heterocycles. The molecule has 0 fully saturated rings. The lowest BCUT2D eigenvalue weighted by atomic mass is 10.1. The molecule has 6 heteroatoms. The molecule has 0 amide bonds. The zero-order chi connectivity index (χ0) is 14.8. The quantitative estimate of drug-likeness (QED) is 0.873. The Labute approximate surface area is 118 Å². The highest BCUT2D eigenvalue weighted by atomic mass is 32.2. The maximum atomic E-state index is 12.0. The van der Waals surface area contributed by atoms with Crippen LogP contribution in [0.3, 0.4) is 0 Å². The molecule has 0 unspecified atom stereocenters. The number of aromatic amines is 1. The fourth-order valence-corrected chi connectivity index (χ4v) is 2.67. The standard InChI is InChI=1S/C14H18N2O3S/c1-3-20(18,19)15-8-7-12-9-11-6-4-5-10(2)13(11)16-14(12)17/h4-6,9,15H,3,7-8H2,1-2H3,(H,16,17). The Morgan fingerprint density at radius 3 is 2.75 bits per heavy atom. The van der Waals surface area contributed by atoms with Crippen LogP contribution in [-0.4, -0.2) is 25.7 Å². The zero-order valence-corrected chi connectivity index (χ0v) is 12.4. The highest BCUT2D eigenvalue weighted by Gasteiger charge is 2.08. The SMILES string of the molecule is CCS(=O)(=O)NCCc1cc2cccc(C)c2[nH]c1=O. The lowest BCUT2D eigenvalue weighted by molar-refractivity contribution is 0.583. The van der Waals surface area contributed by atoms with Crippen molar-refractivity contribution in [2.45, 2.75) is 20.3 Å². The van der Waals surface area contributed by atoms with Gasteiger partial charge >= 0.3 is 0 Å². The van der Waals surface area contributed by atoms with E-state index in [1.807, 2.05) is 31.2 Å². The summed E-state index contributed by atoms with van der Waals surface area (Å²) in [5.74, 6) is 0.0419. The van der Waals surface area contributed by atoms with Crippen LogP contribution in [-0.2, 0) is 16.4 Å². The molecule has 2 N–H and O–H groups in total. The lowest BCUT2D eigenvalue weighted by Crippen LogP contribution is -2.28. The molecule has 0 atom stereocenters. The summed E-state index contributed by atoms with van der Waals surface area (Å²) in [6.07, 6.45) is 0.373. The molecule has 5 nitrogen and oxygen atoms in total. The van der Waals surface area contributed by atoms with Gasteiger partial charge in [-0.2, -0.15) is 0 Å². The van der Waals surface area contributed by atoms with Crippen molar-refractivity contribution >= 4 is 20.9 Å². The topological polar surface area (TPSA) is 79.0 Å². The molecule has 2 rings (SSSR count). The van der Waals surface area contributed by atoms with E-state index in [1.54, 1.807) is 6.92 Å². The number of hydrogen-bond acceptors (Lipinski definition) is 3. The van der Waals surface area contributed by atoms with E-state index in [2.05, 4.69) is 9.71 Å². The van der Waals surface area contributed by atoms with Gasteiger partial charge in [0.25, 0.3) is 5.56 Å². The summed E-state index contributed by atoms with van der Waals surface area (Å²) in [5.41, 5.74) is 2.26. The van der Waals surface area contributed by atoms with Gasteiger partial charge in [-0.1, -0.05) is 18.2 Å². The monoisotopic (exact) mass is 294 g/mol. The Hall–Kier alpha value is -1.66. The predicted octanol–water partition coefficient (Wildman–Crippen LogP) is 1.32.